The first-order valence-electron chi connectivity index (χ1n) is 9.95. The predicted molar refractivity (Wildman–Crippen MR) is 102 cm³/mol. The molecule has 0 aliphatic heterocycles. The number of carbonyl (C=O) groups is 4. The monoisotopic (exact) mass is 402 g/mol. The Morgan fingerprint density at radius 2 is 1.00 bits per heavy atom. The lowest BCUT2D eigenvalue weighted by Crippen LogP contribution is -2.47. The van der Waals surface area contributed by atoms with Crippen LogP contribution < -0.4 is 0 Å². The van der Waals surface area contributed by atoms with Gasteiger partial charge in [0.25, 0.3) is 5.41 Å². The summed E-state index contributed by atoms with van der Waals surface area (Å²) >= 11 is 0. The van der Waals surface area contributed by atoms with Crippen LogP contribution >= 0.6 is 0 Å². The molecule has 0 spiro atoms. The van der Waals surface area contributed by atoms with E-state index in [1.807, 2.05) is 0 Å². The molecule has 2 N–H and O–H groups in total. The summed E-state index contributed by atoms with van der Waals surface area (Å²) in [7, 11) is 2.10. The zero-order chi connectivity index (χ0) is 21.4. The number of hydrogen-bond acceptors (Lipinski definition) is 6. The molecule has 0 rings (SSSR count). The maximum absolute atomic E-state index is 11.9. The molecular formula is C20H34O8. The maximum Gasteiger partial charge on any atom is 0.334 e. The number of esters is 2. The Labute approximate surface area is 166 Å². The van der Waals surface area contributed by atoms with Gasteiger partial charge in [-0.15, -0.1) is 0 Å². The van der Waals surface area contributed by atoms with E-state index in [0.717, 1.165) is 78.4 Å². The van der Waals surface area contributed by atoms with Gasteiger partial charge < -0.3 is 19.7 Å². The molecule has 28 heavy (non-hydrogen) atoms. The molecule has 0 aromatic heterocycles. The van der Waals surface area contributed by atoms with Gasteiger partial charge in [0.1, 0.15) is 0 Å². The van der Waals surface area contributed by atoms with E-state index in [1.54, 1.807) is 0 Å². The molecule has 0 heterocycles. The zero-order valence-corrected chi connectivity index (χ0v) is 17.0. The summed E-state index contributed by atoms with van der Waals surface area (Å²) in [6, 6.07) is 0. The third-order valence-corrected chi connectivity index (χ3v) is 4.88. The van der Waals surface area contributed by atoms with Gasteiger partial charge in [-0.05, 0) is 12.8 Å². The van der Waals surface area contributed by atoms with E-state index >= 15 is 0 Å². The van der Waals surface area contributed by atoms with Gasteiger partial charge in [-0.3, -0.25) is 19.2 Å². The van der Waals surface area contributed by atoms with Crippen molar-refractivity contribution < 1.29 is 38.9 Å². The summed E-state index contributed by atoms with van der Waals surface area (Å²) in [6.07, 6.45) is 10.3. The smallest absolute Gasteiger partial charge is 0.334 e. The van der Waals surface area contributed by atoms with E-state index in [9.17, 15) is 24.3 Å². The lowest BCUT2D eigenvalue weighted by molar-refractivity contribution is -0.179. The molecule has 0 aliphatic rings. The zero-order valence-electron chi connectivity index (χ0n) is 17.0. The van der Waals surface area contributed by atoms with Crippen LogP contribution in [0.5, 0.6) is 0 Å². The van der Waals surface area contributed by atoms with Crippen molar-refractivity contribution in [2.75, 3.05) is 14.2 Å². The molecule has 0 bridgehead atoms. The largest absolute Gasteiger partial charge is 0.481 e. The highest BCUT2D eigenvalue weighted by molar-refractivity contribution is 6.17. The van der Waals surface area contributed by atoms with Crippen LogP contribution in [0.15, 0.2) is 0 Å². The number of rotatable bonds is 17. The van der Waals surface area contributed by atoms with Crippen molar-refractivity contribution in [3.63, 3.8) is 0 Å². The van der Waals surface area contributed by atoms with Crippen LogP contribution in [0.1, 0.15) is 83.5 Å². The van der Waals surface area contributed by atoms with Crippen molar-refractivity contribution in [3.8, 4) is 0 Å². The van der Waals surface area contributed by atoms with Crippen molar-refractivity contribution in [2.45, 2.75) is 83.5 Å². The van der Waals surface area contributed by atoms with Crippen LogP contribution in [-0.4, -0.2) is 48.3 Å². The van der Waals surface area contributed by atoms with Crippen LogP contribution in [0, 0.1) is 5.41 Å². The quantitative estimate of drug-likeness (QED) is 0.215. The number of aliphatic carboxylic acids is 2. The Hall–Kier alpha value is -2.12. The molecule has 0 atom stereocenters. The van der Waals surface area contributed by atoms with Crippen LogP contribution in [-0.2, 0) is 28.7 Å². The summed E-state index contributed by atoms with van der Waals surface area (Å²) in [6.45, 7) is 0. The average molecular weight is 402 g/mol. The number of carboxylic acid groups (broad SMARTS) is 2. The topological polar surface area (TPSA) is 127 Å². The number of methoxy groups -OCH3 is 2. The lowest BCUT2D eigenvalue weighted by atomic mass is 9.82. The molecule has 0 aliphatic carbocycles. The molecule has 0 fully saturated rings. The van der Waals surface area contributed by atoms with E-state index in [1.165, 1.54) is 0 Å². The first-order valence-corrected chi connectivity index (χ1v) is 9.95. The maximum atomic E-state index is 11.9. The molecule has 0 saturated carbocycles. The van der Waals surface area contributed by atoms with Gasteiger partial charge in [-0.25, -0.2) is 0 Å². The van der Waals surface area contributed by atoms with E-state index < -0.39 is 29.3 Å². The minimum Gasteiger partial charge on any atom is -0.481 e. The van der Waals surface area contributed by atoms with Crippen LogP contribution in [0.2, 0.25) is 0 Å². The second-order valence-electron chi connectivity index (χ2n) is 6.98. The number of ether oxygens (including phenoxy) is 2. The molecule has 0 aromatic rings. The van der Waals surface area contributed by atoms with E-state index in [4.69, 9.17) is 5.11 Å². The highest BCUT2D eigenvalue weighted by Gasteiger charge is 2.55. The molecule has 8 heteroatoms. The number of hydrogen-bond donors (Lipinski definition) is 2. The van der Waals surface area contributed by atoms with Crippen molar-refractivity contribution >= 4 is 23.9 Å². The fourth-order valence-corrected chi connectivity index (χ4v) is 3.17. The molecule has 162 valence electrons. The third kappa shape index (κ3) is 9.19. The first kappa shape index (κ1) is 25.9. The molecule has 0 unspecified atom stereocenters. The minimum absolute atomic E-state index is 0.141. The Balaban J connectivity index is 3.95. The van der Waals surface area contributed by atoms with Crippen molar-refractivity contribution in [1.29, 1.82) is 0 Å². The summed E-state index contributed by atoms with van der Waals surface area (Å²) in [5, 5.41) is 18.0. The minimum atomic E-state index is -2.29. The van der Waals surface area contributed by atoms with Crippen molar-refractivity contribution in [2.24, 2.45) is 5.41 Å². The average Bonchev–Trinajstić information content (AvgIpc) is 2.66. The summed E-state index contributed by atoms with van der Waals surface area (Å²) in [5.41, 5.74) is -2.29. The SMILES string of the molecule is COC(=O)C(CCCCCCCCCCCCCC(=O)O)(C(=O)O)C(=O)OC. The molecule has 0 saturated heterocycles. The summed E-state index contributed by atoms with van der Waals surface area (Å²) in [5.74, 6) is -4.49. The standard InChI is InChI=1S/C20H34O8/c1-27-18(25)20(17(23)24,19(26)28-2)15-13-11-9-7-5-3-4-6-8-10-12-14-16(21)22/h3-15H2,1-2H3,(H,21,22)(H,23,24). The van der Waals surface area contributed by atoms with Crippen LogP contribution in [0.4, 0.5) is 0 Å². The highest BCUT2D eigenvalue weighted by atomic mass is 16.5. The van der Waals surface area contributed by atoms with Gasteiger partial charge in [-0.2, -0.15) is 0 Å². The van der Waals surface area contributed by atoms with E-state index in [0.29, 0.717) is 6.42 Å². The first-order chi connectivity index (χ1) is 13.3. The molecular weight excluding hydrogens is 368 g/mol. The normalized spacial score (nSPS) is 11.1. The van der Waals surface area contributed by atoms with Crippen LogP contribution in [0.3, 0.4) is 0 Å². The van der Waals surface area contributed by atoms with Crippen molar-refractivity contribution in [3.05, 3.63) is 0 Å². The van der Waals surface area contributed by atoms with Gasteiger partial charge in [0.05, 0.1) is 14.2 Å². The molecule has 0 radical (unpaired) electrons. The Kier molecular flexibility index (Phi) is 13.8. The highest BCUT2D eigenvalue weighted by Crippen LogP contribution is 2.29. The summed E-state index contributed by atoms with van der Waals surface area (Å²) < 4.78 is 9.04. The number of unbranched alkanes of at least 4 members (excludes halogenated alkanes) is 10. The Morgan fingerprint density at radius 1 is 0.643 bits per heavy atom. The summed E-state index contributed by atoms with van der Waals surface area (Å²) in [4.78, 5) is 45.8. The number of carbonyl (C=O) groups excluding carboxylic acids is 2. The van der Waals surface area contributed by atoms with Gasteiger partial charge in [0, 0.05) is 6.42 Å². The Morgan fingerprint density at radius 3 is 1.32 bits per heavy atom. The van der Waals surface area contributed by atoms with Crippen molar-refractivity contribution in [1.82, 2.24) is 0 Å². The molecule has 0 amide bonds. The lowest BCUT2D eigenvalue weighted by Gasteiger charge is -2.23. The second-order valence-corrected chi connectivity index (χ2v) is 6.98. The van der Waals surface area contributed by atoms with E-state index in [2.05, 4.69) is 9.47 Å². The molecule has 8 nitrogen and oxygen atoms in total. The van der Waals surface area contributed by atoms with Gasteiger partial charge in [0.15, 0.2) is 0 Å². The Bertz CT molecular complexity index is 484. The fourth-order valence-electron chi connectivity index (χ4n) is 3.17. The van der Waals surface area contributed by atoms with Gasteiger partial charge in [0.2, 0.25) is 0 Å². The predicted octanol–water partition coefficient (Wildman–Crippen LogP) is 3.56. The molecule has 0 aromatic carbocycles. The number of carboxylic acids is 2. The third-order valence-electron chi connectivity index (χ3n) is 4.88. The fraction of sp³-hybridized carbons (Fsp3) is 0.800. The van der Waals surface area contributed by atoms with Gasteiger partial charge in [-0.1, -0.05) is 64.2 Å². The van der Waals surface area contributed by atoms with Gasteiger partial charge >= 0.3 is 23.9 Å². The second kappa shape index (κ2) is 14.9. The van der Waals surface area contributed by atoms with Crippen LogP contribution in [0.25, 0.3) is 0 Å². The van der Waals surface area contributed by atoms with E-state index in [-0.39, 0.29) is 12.8 Å².